The molecule has 1 saturated heterocycles. The van der Waals surface area contributed by atoms with Gasteiger partial charge in [-0.05, 0) is 56.8 Å². The fourth-order valence-corrected chi connectivity index (χ4v) is 4.39. The zero-order valence-electron chi connectivity index (χ0n) is 13.1. The molecule has 0 bridgehead atoms. The number of nitrogens with zero attached hydrogens (tertiary/aromatic N) is 1. The van der Waals surface area contributed by atoms with Crippen molar-refractivity contribution >= 4 is 11.8 Å². The summed E-state index contributed by atoms with van der Waals surface area (Å²) >= 11 is 0. The SMILES string of the molecule is O=C(NC1CC2(CCN(C(=O)CC3(O)CCC3)C2)C1)C1CC1. The lowest BCUT2D eigenvalue weighted by Gasteiger charge is -2.45. The first-order chi connectivity index (χ1) is 10.5. The lowest BCUT2D eigenvalue weighted by atomic mass is 9.65. The predicted octanol–water partition coefficient (Wildman–Crippen LogP) is 1.20. The molecule has 0 radical (unpaired) electrons. The molecule has 4 fully saturated rings. The third-order valence-electron chi connectivity index (χ3n) is 6.21. The molecule has 1 heterocycles. The molecule has 1 spiro atoms. The molecule has 1 aliphatic heterocycles. The van der Waals surface area contributed by atoms with Crippen molar-refractivity contribution in [2.24, 2.45) is 11.3 Å². The summed E-state index contributed by atoms with van der Waals surface area (Å²) in [5.74, 6) is 0.629. The quantitative estimate of drug-likeness (QED) is 0.820. The molecule has 3 saturated carbocycles. The summed E-state index contributed by atoms with van der Waals surface area (Å²) in [6, 6.07) is 0.318. The fraction of sp³-hybridized carbons (Fsp3) is 0.882. The van der Waals surface area contributed by atoms with Crippen molar-refractivity contribution in [3.8, 4) is 0 Å². The lowest BCUT2D eigenvalue weighted by Crippen LogP contribution is -2.52. The van der Waals surface area contributed by atoms with Gasteiger partial charge in [0.25, 0.3) is 0 Å². The van der Waals surface area contributed by atoms with Crippen LogP contribution >= 0.6 is 0 Å². The Kier molecular flexibility index (Phi) is 3.26. The number of likely N-dealkylation sites (tertiary alicyclic amines) is 1. The van der Waals surface area contributed by atoms with Crippen LogP contribution in [0.1, 0.15) is 57.8 Å². The zero-order chi connectivity index (χ0) is 15.4. The Labute approximate surface area is 131 Å². The second kappa shape index (κ2) is 4.95. The third-order valence-corrected chi connectivity index (χ3v) is 6.21. The van der Waals surface area contributed by atoms with Gasteiger partial charge in [-0.2, -0.15) is 0 Å². The molecule has 22 heavy (non-hydrogen) atoms. The maximum Gasteiger partial charge on any atom is 0.225 e. The van der Waals surface area contributed by atoms with Gasteiger partial charge in [-0.25, -0.2) is 0 Å². The Morgan fingerprint density at radius 2 is 1.91 bits per heavy atom. The molecule has 122 valence electrons. The average Bonchev–Trinajstić information content (AvgIpc) is 3.16. The molecule has 0 unspecified atom stereocenters. The van der Waals surface area contributed by atoms with E-state index in [2.05, 4.69) is 5.32 Å². The largest absolute Gasteiger partial charge is 0.389 e. The maximum atomic E-state index is 12.3. The van der Waals surface area contributed by atoms with E-state index < -0.39 is 5.60 Å². The van der Waals surface area contributed by atoms with E-state index >= 15 is 0 Å². The van der Waals surface area contributed by atoms with Gasteiger partial charge in [-0.1, -0.05) is 0 Å². The van der Waals surface area contributed by atoms with Crippen molar-refractivity contribution in [2.75, 3.05) is 13.1 Å². The van der Waals surface area contributed by atoms with E-state index in [1.165, 1.54) is 0 Å². The minimum Gasteiger partial charge on any atom is -0.389 e. The average molecular weight is 306 g/mol. The van der Waals surface area contributed by atoms with Gasteiger partial charge in [0, 0.05) is 25.0 Å². The van der Waals surface area contributed by atoms with Gasteiger partial charge in [-0.15, -0.1) is 0 Å². The Hall–Kier alpha value is -1.10. The number of rotatable bonds is 4. The molecule has 0 aromatic carbocycles. The summed E-state index contributed by atoms with van der Waals surface area (Å²) in [6.07, 6.45) is 8.05. The van der Waals surface area contributed by atoms with Crippen molar-refractivity contribution in [3.05, 3.63) is 0 Å². The van der Waals surface area contributed by atoms with Crippen LogP contribution in [0, 0.1) is 11.3 Å². The second-order valence-electron chi connectivity index (χ2n) is 8.21. The smallest absolute Gasteiger partial charge is 0.225 e. The Bertz CT molecular complexity index is 490. The standard InChI is InChI=1S/C17H26N2O3/c20-14(10-17(22)4-1-5-17)19-7-6-16(11-19)8-13(9-16)18-15(21)12-2-3-12/h12-13,22H,1-11H2,(H,18,21). The molecule has 4 rings (SSSR count). The first kappa shape index (κ1) is 14.5. The number of hydrogen-bond acceptors (Lipinski definition) is 3. The van der Waals surface area contributed by atoms with Crippen LogP contribution in [0.4, 0.5) is 0 Å². The van der Waals surface area contributed by atoms with E-state index in [9.17, 15) is 14.7 Å². The van der Waals surface area contributed by atoms with Crippen LogP contribution in [0.2, 0.25) is 0 Å². The highest BCUT2D eigenvalue weighted by molar-refractivity contribution is 5.81. The third kappa shape index (κ3) is 2.64. The molecule has 0 aromatic rings. The molecule has 3 aliphatic carbocycles. The van der Waals surface area contributed by atoms with Crippen LogP contribution in [0.5, 0.6) is 0 Å². The van der Waals surface area contributed by atoms with Crippen LogP contribution in [0.3, 0.4) is 0 Å². The van der Waals surface area contributed by atoms with Crippen LogP contribution < -0.4 is 5.32 Å². The summed E-state index contributed by atoms with van der Waals surface area (Å²) < 4.78 is 0. The molecule has 2 amide bonds. The Balaban J connectivity index is 1.24. The lowest BCUT2D eigenvalue weighted by molar-refractivity contribution is -0.140. The number of aliphatic hydroxyl groups is 1. The molecule has 4 aliphatic rings. The van der Waals surface area contributed by atoms with Crippen molar-refractivity contribution in [2.45, 2.75) is 69.4 Å². The topological polar surface area (TPSA) is 69.6 Å². The van der Waals surface area contributed by atoms with Crippen LogP contribution in [-0.2, 0) is 9.59 Å². The van der Waals surface area contributed by atoms with Gasteiger partial charge in [0.1, 0.15) is 0 Å². The Morgan fingerprint density at radius 1 is 1.18 bits per heavy atom. The Morgan fingerprint density at radius 3 is 2.50 bits per heavy atom. The minimum absolute atomic E-state index is 0.115. The van der Waals surface area contributed by atoms with E-state index in [-0.39, 0.29) is 23.1 Å². The van der Waals surface area contributed by atoms with E-state index in [4.69, 9.17) is 0 Å². The van der Waals surface area contributed by atoms with Crippen LogP contribution in [0.25, 0.3) is 0 Å². The molecule has 5 nitrogen and oxygen atoms in total. The van der Waals surface area contributed by atoms with E-state index in [1.807, 2.05) is 4.90 Å². The normalized spacial score (nSPS) is 35.9. The molecular weight excluding hydrogens is 280 g/mol. The summed E-state index contributed by atoms with van der Waals surface area (Å²) in [4.78, 5) is 26.1. The number of hydrogen-bond donors (Lipinski definition) is 2. The van der Waals surface area contributed by atoms with Gasteiger partial charge in [-0.3, -0.25) is 9.59 Å². The van der Waals surface area contributed by atoms with Gasteiger partial charge in [0.2, 0.25) is 11.8 Å². The highest BCUT2D eigenvalue weighted by Crippen LogP contribution is 2.49. The van der Waals surface area contributed by atoms with Crippen molar-refractivity contribution in [3.63, 3.8) is 0 Å². The van der Waals surface area contributed by atoms with Crippen molar-refractivity contribution in [1.82, 2.24) is 10.2 Å². The fourth-order valence-electron chi connectivity index (χ4n) is 4.39. The molecule has 2 N–H and O–H groups in total. The van der Waals surface area contributed by atoms with Crippen molar-refractivity contribution < 1.29 is 14.7 Å². The summed E-state index contributed by atoms with van der Waals surface area (Å²) in [5.41, 5.74) is -0.480. The minimum atomic E-state index is -0.715. The van der Waals surface area contributed by atoms with E-state index in [0.29, 0.717) is 12.5 Å². The predicted molar refractivity (Wildman–Crippen MR) is 80.9 cm³/mol. The first-order valence-corrected chi connectivity index (χ1v) is 8.78. The van der Waals surface area contributed by atoms with Gasteiger partial charge in [0.15, 0.2) is 0 Å². The summed E-state index contributed by atoms with van der Waals surface area (Å²) in [5, 5.41) is 13.3. The van der Waals surface area contributed by atoms with Gasteiger partial charge < -0.3 is 15.3 Å². The molecule has 5 heteroatoms. The molecular formula is C17H26N2O3. The monoisotopic (exact) mass is 306 g/mol. The summed E-state index contributed by atoms with van der Waals surface area (Å²) in [6.45, 7) is 1.63. The first-order valence-electron chi connectivity index (χ1n) is 8.78. The van der Waals surface area contributed by atoms with E-state index in [1.54, 1.807) is 0 Å². The molecule has 0 atom stereocenters. The number of nitrogens with one attached hydrogen (secondary N) is 1. The van der Waals surface area contributed by atoms with Crippen LogP contribution in [0.15, 0.2) is 0 Å². The molecule has 0 aromatic heterocycles. The number of amides is 2. The van der Waals surface area contributed by atoms with Crippen molar-refractivity contribution in [1.29, 1.82) is 0 Å². The zero-order valence-corrected chi connectivity index (χ0v) is 13.1. The maximum absolute atomic E-state index is 12.3. The van der Waals surface area contributed by atoms with Gasteiger partial charge >= 0.3 is 0 Å². The van der Waals surface area contributed by atoms with E-state index in [0.717, 1.165) is 64.5 Å². The van der Waals surface area contributed by atoms with Gasteiger partial charge in [0.05, 0.1) is 12.0 Å². The highest BCUT2D eigenvalue weighted by atomic mass is 16.3. The number of carbonyl (C=O) groups is 2. The highest BCUT2D eigenvalue weighted by Gasteiger charge is 2.51. The second-order valence-corrected chi connectivity index (χ2v) is 8.21. The number of carbonyl (C=O) groups excluding carboxylic acids is 2. The summed E-state index contributed by atoms with van der Waals surface area (Å²) in [7, 11) is 0. The van der Waals surface area contributed by atoms with Crippen LogP contribution in [-0.4, -0.2) is 46.6 Å².